The number of rotatable bonds is 3. The Morgan fingerprint density at radius 2 is 1.80 bits per heavy atom. The highest BCUT2D eigenvalue weighted by Gasteiger charge is 2.33. The van der Waals surface area contributed by atoms with E-state index in [2.05, 4.69) is 11.2 Å². The summed E-state index contributed by atoms with van der Waals surface area (Å²) in [7, 11) is 1.87. The predicted molar refractivity (Wildman–Crippen MR) is 117 cm³/mol. The molecule has 1 aliphatic heterocycles. The highest BCUT2D eigenvalue weighted by Crippen LogP contribution is 2.28. The fraction of sp³-hybridized carbons (Fsp3) is 0.400. The fourth-order valence-corrected chi connectivity index (χ4v) is 5.05. The van der Waals surface area contributed by atoms with Gasteiger partial charge in [-0.15, -0.1) is 0 Å². The van der Waals surface area contributed by atoms with E-state index in [1.165, 1.54) is 0 Å². The van der Waals surface area contributed by atoms with Crippen LogP contribution in [0.2, 0.25) is 0 Å². The number of nitrogens with zero attached hydrogens (tertiary/aromatic N) is 3. The first-order valence-electron chi connectivity index (χ1n) is 11.0. The minimum absolute atomic E-state index is 0.0316. The Kier molecular flexibility index (Phi) is 4.89. The van der Waals surface area contributed by atoms with Crippen molar-refractivity contribution >= 4 is 22.5 Å². The summed E-state index contributed by atoms with van der Waals surface area (Å²) >= 11 is 0. The van der Waals surface area contributed by atoms with Gasteiger partial charge in [-0.25, -0.2) is 0 Å². The molecule has 5 rings (SSSR count). The summed E-state index contributed by atoms with van der Waals surface area (Å²) in [4.78, 5) is 28.5. The van der Waals surface area contributed by atoms with E-state index in [0.717, 1.165) is 71.8 Å². The molecule has 1 amide bonds. The molecular weight excluding hydrogens is 374 g/mol. The molecule has 2 aromatic carbocycles. The number of amides is 1. The van der Waals surface area contributed by atoms with E-state index in [9.17, 15) is 9.59 Å². The van der Waals surface area contributed by atoms with E-state index in [1.807, 2.05) is 48.3 Å². The van der Waals surface area contributed by atoms with Crippen LogP contribution in [0.4, 0.5) is 0 Å². The quantitative estimate of drug-likeness (QED) is 0.619. The Labute approximate surface area is 176 Å². The topological polar surface area (TPSA) is 55.2 Å². The number of hydrogen-bond donors (Lipinski definition) is 0. The molecule has 2 aliphatic rings. The van der Waals surface area contributed by atoms with Crippen molar-refractivity contribution in [2.45, 2.75) is 38.5 Å². The van der Waals surface area contributed by atoms with Crippen LogP contribution in [0.25, 0.3) is 10.8 Å². The molecule has 154 valence electrons. The second-order valence-electron chi connectivity index (χ2n) is 8.62. The van der Waals surface area contributed by atoms with Gasteiger partial charge in [0.2, 0.25) is 0 Å². The first-order valence-corrected chi connectivity index (χ1v) is 11.0. The molecule has 0 N–H and O–H groups in total. The molecule has 1 saturated heterocycles. The van der Waals surface area contributed by atoms with Gasteiger partial charge < -0.3 is 4.90 Å². The zero-order valence-electron chi connectivity index (χ0n) is 17.4. The molecule has 2 heterocycles. The average Bonchev–Trinajstić information content (AvgIpc) is 3.13. The monoisotopic (exact) mass is 401 g/mol. The van der Waals surface area contributed by atoms with E-state index >= 15 is 0 Å². The number of ketones is 1. The van der Waals surface area contributed by atoms with Gasteiger partial charge in [0.25, 0.3) is 5.91 Å². The Morgan fingerprint density at radius 1 is 1.00 bits per heavy atom. The summed E-state index contributed by atoms with van der Waals surface area (Å²) in [5, 5.41) is 6.81. The van der Waals surface area contributed by atoms with Gasteiger partial charge in [-0.2, -0.15) is 5.10 Å². The van der Waals surface area contributed by atoms with Gasteiger partial charge in [-0.3, -0.25) is 14.3 Å². The molecule has 5 nitrogen and oxygen atoms in total. The maximum Gasteiger partial charge on any atom is 0.272 e. The van der Waals surface area contributed by atoms with E-state index in [1.54, 1.807) is 4.68 Å². The first kappa shape index (κ1) is 19.0. The van der Waals surface area contributed by atoms with Crippen molar-refractivity contribution in [1.29, 1.82) is 0 Å². The SMILES string of the molecule is Cn1nc2c(c1C(=O)N1CCC[C@H](C(=O)c3ccc4ccccc4c3)C1)CCCC2. The van der Waals surface area contributed by atoms with Crippen LogP contribution < -0.4 is 0 Å². The van der Waals surface area contributed by atoms with E-state index in [4.69, 9.17) is 0 Å². The second kappa shape index (κ2) is 7.71. The van der Waals surface area contributed by atoms with Crippen LogP contribution >= 0.6 is 0 Å². The van der Waals surface area contributed by atoms with Crippen LogP contribution in [-0.2, 0) is 19.9 Å². The third-order valence-corrected chi connectivity index (χ3v) is 6.63. The standard InChI is InChI=1S/C25H27N3O2/c1-27-23(21-10-4-5-11-22(21)26-27)25(30)28-14-6-9-20(16-28)24(29)19-13-12-17-7-2-3-8-18(17)15-19/h2-3,7-8,12-13,15,20H,4-6,9-11,14,16H2,1H3/t20-/m0/s1. The Hall–Kier alpha value is -2.95. The lowest BCUT2D eigenvalue weighted by Crippen LogP contribution is -2.43. The number of piperidine rings is 1. The summed E-state index contributed by atoms with van der Waals surface area (Å²) in [6.45, 7) is 1.20. The molecule has 1 atom stereocenters. The van der Waals surface area contributed by atoms with E-state index < -0.39 is 0 Å². The minimum Gasteiger partial charge on any atom is -0.337 e. The van der Waals surface area contributed by atoms with Crippen molar-refractivity contribution in [3.05, 3.63) is 65.0 Å². The lowest BCUT2D eigenvalue weighted by Gasteiger charge is -2.32. The molecule has 30 heavy (non-hydrogen) atoms. The lowest BCUT2D eigenvalue weighted by molar-refractivity contribution is 0.0627. The predicted octanol–water partition coefficient (Wildman–Crippen LogP) is 4.19. The normalized spacial score (nSPS) is 19.0. The third kappa shape index (κ3) is 3.32. The summed E-state index contributed by atoms with van der Waals surface area (Å²) in [5.74, 6) is 0.0300. The molecule has 1 fully saturated rings. The average molecular weight is 402 g/mol. The molecule has 0 spiro atoms. The second-order valence-corrected chi connectivity index (χ2v) is 8.62. The number of benzene rings is 2. The van der Waals surface area contributed by atoms with Crippen LogP contribution in [0.5, 0.6) is 0 Å². The number of aryl methyl sites for hydroxylation is 2. The zero-order valence-corrected chi connectivity index (χ0v) is 17.4. The number of likely N-dealkylation sites (tertiary alicyclic amines) is 1. The highest BCUT2D eigenvalue weighted by atomic mass is 16.2. The van der Waals surface area contributed by atoms with Crippen LogP contribution in [-0.4, -0.2) is 39.5 Å². The molecule has 1 aromatic heterocycles. The summed E-state index contributed by atoms with van der Waals surface area (Å²) < 4.78 is 1.76. The van der Waals surface area contributed by atoms with Crippen molar-refractivity contribution in [2.24, 2.45) is 13.0 Å². The van der Waals surface area contributed by atoms with Crippen molar-refractivity contribution in [1.82, 2.24) is 14.7 Å². The van der Waals surface area contributed by atoms with Gasteiger partial charge in [-0.1, -0.05) is 36.4 Å². The van der Waals surface area contributed by atoms with Crippen LogP contribution in [0.15, 0.2) is 42.5 Å². The smallest absolute Gasteiger partial charge is 0.272 e. The van der Waals surface area contributed by atoms with E-state index in [0.29, 0.717) is 13.1 Å². The maximum absolute atomic E-state index is 13.4. The van der Waals surface area contributed by atoms with Crippen molar-refractivity contribution in [3.63, 3.8) is 0 Å². The minimum atomic E-state index is -0.145. The number of fused-ring (bicyclic) bond motifs is 2. The largest absolute Gasteiger partial charge is 0.337 e. The third-order valence-electron chi connectivity index (χ3n) is 6.63. The molecule has 0 unspecified atom stereocenters. The van der Waals surface area contributed by atoms with Crippen molar-refractivity contribution in [3.8, 4) is 0 Å². The van der Waals surface area contributed by atoms with Crippen molar-refractivity contribution in [2.75, 3.05) is 13.1 Å². The highest BCUT2D eigenvalue weighted by molar-refractivity contribution is 6.02. The number of Topliss-reactive ketones (excluding diaryl/α,β-unsaturated/α-hetero) is 1. The molecule has 1 aliphatic carbocycles. The fourth-order valence-electron chi connectivity index (χ4n) is 5.05. The van der Waals surface area contributed by atoms with Gasteiger partial charge in [0.1, 0.15) is 5.69 Å². The molecule has 0 bridgehead atoms. The Bertz CT molecular complexity index is 1130. The number of hydrogen-bond acceptors (Lipinski definition) is 3. The number of carbonyl (C=O) groups excluding carboxylic acids is 2. The van der Waals surface area contributed by atoms with Crippen molar-refractivity contribution < 1.29 is 9.59 Å². The summed E-state index contributed by atoms with van der Waals surface area (Å²) in [6, 6.07) is 14.0. The van der Waals surface area contributed by atoms with Gasteiger partial charge in [0, 0.05) is 37.2 Å². The van der Waals surface area contributed by atoms with Gasteiger partial charge in [0.05, 0.1) is 5.69 Å². The summed E-state index contributed by atoms with van der Waals surface area (Å²) in [6.07, 6.45) is 5.83. The molecule has 3 aromatic rings. The van der Waals surface area contributed by atoms with Crippen LogP contribution in [0.3, 0.4) is 0 Å². The van der Waals surface area contributed by atoms with Gasteiger partial charge in [-0.05, 0) is 55.4 Å². The summed E-state index contributed by atoms with van der Waals surface area (Å²) in [5.41, 5.74) is 3.67. The first-order chi connectivity index (χ1) is 14.6. The molecule has 5 heteroatoms. The van der Waals surface area contributed by atoms with Gasteiger partial charge in [0.15, 0.2) is 5.78 Å². The molecule has 0 radical (unpaired) electrons. The van der Waals surface area contributed by atoms with Crippen LogP contribution in [0, 0.1) is 5.92 Å². The van der Waals surface area contributed by atoms with Crippen LogP contribution in [0.1, 0.15) is 57.8 Å². The Morgan fingerprint density at radius 3 is 2.67 bits per heavy atom. The molecule has 0 saturated carbocycles. The van der Waals surface area contributed by atoms with Gasteiger partial charge >= 0.3 is 0 Å². The maximum atomic E-state index is 13.4. The molecular formula is C25H27N3O2. The number of aromatic nitrogens is 2. The van der Waals surface area contributed by atoms with E-state index in [-0.39, 0.29) is 17.6 Å². The zero-order chi connectivity index (χ0) is 20.7. The Balaban J connectivity index is 1.37. The lowest BCUT2D eigenvalue weighted by atomic mass is 9.88. The number of carbonyl (C=O) groups is 2.